The number of ether oxygens (including phenoxy) is 1. The first-order valence-corrected chi connectivity index (χ1v) is 7.34. The van der Waals surface area contributed by atoms with Crippen molar-refractivity contribution < 1.29 is 9.84 Å². The van der Waals surface area contributed by atoms with Crippen LogP contribution in [0.2, 0.25) is 0 Å². The van der Waals surface area contributed by atoms with E-state index in [1.54, 1.807) is 0 Å². The van der Waals surface area contributed by atoms with Gasteiger partial charge in [-0.25, -0.2) is 0 Å². The molecule has 0 heterocycles. The van der Waals surface area contributed by atoms with Crippen molar-refractivity contribution in [2.24, 2.45) is 11.8 Å². The lowest BCUT2D eigenvalue weighted by molar-refractivity contribution is 0.0878. The monoisotopic (exact) mass is 314 g/mol. The summed E-state index contributed by atoms with van der Waals surface area (Å²) in [5.41, 5.74) is 1.26. The van der Waals surface area contributed by atoms with E-state index in [1.165, 1.54) is 5.56 Å². The summed E-state index contributed by atoms with van der Waals surface area (Å²) in [6.45, 7) is 6.04. The van der Waals surface area contributed by atoms with Crippen molar-refractivity contribution in [3.05, 3.63) is 34.3 Å². The maximum absolute atomic E-state index is 9.40. The van der Waals surface area contributed by atoms with E-state index in [-0.39, 0.29) is 12.5 Å². The van der Waals surface area contributed by atoms with Crippen molar-refractivity contribution in [3.63, 3.8) is 0 Å². The maximum atomic E-state index is 9.40. The van der Waals surface area contributed by atoms with Gasteiger partial charge in [0.05, 0.1) is 0 Å². The highest BCUT2D eigenvalue weighted by Crippen LogP contribution is 2.17. The normalized spacial score (nSPS) is 12.9. The van der Waals surface area contributed by atoms with Crippen molar-refractivity contribution in [1.29, 1.82) is 0 Å². The molecule has 102 valence electrons. The van der Waals surface area contributed by atoms with Crippen molar-refractivity contribution in [3.8, 4) is 0 Å². The molecule has 0 saturated heterocycles. The zero-order chi connectivity index (χ0) is 13.4. The Labute approximate surface area is 118 Å². The van der Waals surface area contributed by atoms with E-state index in [1.807, 2.05) is 12.1 Å². The van der Waals surface area contributed by atoms with Crippen LogP contribution in [-0.4, -0.2) is 24.9 Å². The Kier molecular flexibility index (Phi) is 7.56. The molecule has 0 aliphatic heterocycles. The van der Waals surface area contributed by atoms with Gasteiger partial charge in [-0.05, 0) is 42.4 Å². The summed E-state index contributed by atoms with van der Waals surface area (Å²) in [4.78, 5) is 0. The maximum Gasteiger partial charge on any atom is 0.0488 e. The SMILES string of the molecule is CC(C)COCCC(CO)Cc1cccc(Br)c1. The highest BCUT2D eigenvalue weighted by molar-refractivity contribution is 9.10. The van der Waals surface area contributed by atoms with Crippen LogP contribution in [0, 0.1) is 11.8 Å². The highest BCUT2D eigenvalue weighted by atomic mass is 79.9. The average molecular weight is 315 g/mol. The Morgan fingerprint density at radius 2 is 2.11 bits per heavy atom. The molecule has 0 radical (unpaired) electrons. The van der Waals surface area contributed by atoms with E-state index in [4.69, 9.17) is 4.74 Å². The number of hydrogen-bond donors (Lipinski definition) is 1. The van der Waals surface area contributed by atoms with Gasteiger partial charge in [0.1, 0.15) is 0 Å². The van der Waals surface area contributed by atoms with Crippen LogP contribution in [0.3, 0.4) is 0 Å². The number of benzene rings is 1. The molecule has 3 heteroatoms. The fourth-order valence-electron chi connectivity index (χ4n) is 1.82. The van der Waals surface area contributed by atoms with Gasteiger partial charge in [-0.3, -0.25) is 0 Å². The predicted molar refractivity (Wildman–Crippen MR) is 78.7 cm³/mol. The molecule has 1 aromatic rings. The van der Waals surface area contributed by atoms with Gasteiger partial charge in [-0.2, -0.15) is 0 Å². The highest BCUT2D eigenvalue weighted by Gasteiger charge is 2.09. The fraction of sp³-hybridized carbons (Fsp3) is 0.600. The minimum absolute atomic E-state index is 0.220. The van der Waals surface area contributed by atoms with E-state index in [0.717, 1.165) is 30.5 Å². The molecule has 0 bridgehead atoms. The number of rotatable bonds is 8. The summed E-state index contributed by atoms with van der Waals surface area (Å²) < 4.78 is 6.66. The molecule has 0 saturated carbocycles. The number of aliphatic hydroxyl groups excluding tert-OH is 1. The fourth-order valence-corrected chi connectivity index (χ4v) is 2.27. The number of aliphatic hydroxyl groups is 1. The molecule has 0 spiro atoms. The minimum atomic E-state index is 0.220. The van der Waals surface area contributed by atoms with Crippen LogP contribution < -0.4 is 0 Å². The summed E-state index contributed by atoms with van der Waals surface area (Å²) >= 11 is 3.47. The third kappa shape index (κ3) is 6.53. The second-order valence-corrected chi connectivity index (χ2v) is 6.06. The van der Waals surface area contributed by atoms with Gasteiger partial charge in [0.25, 0.3) is 0 Å². The lowest BCUT2D eigenvalue weighted by Gasteiger charge is -2.15. The van der Waals surface area contributed by atoms with E-state index in [9.17, 15) is 5.11 Å². The largest absolute Gasteiger partial charge is 0.396 e. The zero-order valence-electron chi connectivity index (χ0n) is 11.2. The van der Waals surface area contributed by atoms with Gasteiger partial charge >= 0.3 is 0 Å². The van der Waals surface area contributed by atoms with E-state index in [2.05, 4.69) is 41.9 Å². The van der Waals surface area contributed by atoms with Gasteiger partial charge < -0.3 is 9.84 Å². The van der Waals surface area contributed by atoms with Crippen LogP contribution in [0.25, 0.3) is 0 Å². The summed E-state index contributed by atoms with van der Waals surface area (Å²) in [6, 6.07) is 8.26. The summed E-state index contributed by atoms with van der Waals surface area (Å²) in [5, 5.41) is 9.40. The molecule has 1 unspecified atom stereocenters. The molecule has 0 aromatic heterocycles. The van der Waals surface area contributed by atoms with Crippen molar-refractivity contribution in [2.45, 2.75) is 26.7 Å². The quantitative estimate of drug-likeness (QED) is 0.742. The average Bonchev–Trinajstić information content (AvgIpc) is 2.33. The Balaban J connectivity index is 2.33. The molecule has 0 fully saturated rings. The molecule has 0 aliphatic carbocycles. The molecular formula is C15H23BrO2. The standard InChI is InChI=1S/C15H23BrO2/c1-12(2)11-18-7-6-14(10-17)8-13-4-3-5-15(16)9-13/h3-5,9,12,14,17H,6-8,10-11H2,1-2H3. The summed E-state index contributed by atoms with van der Waals surface area (Å²) in [6.07, 6.45) is 1.82. The van der Waals surface area contributed by atoms with E-state index in [0.29, 0.717) is 5.92 Å². The molecule has 1 rings (SSSR count). The van der Waals surface area contributed by atoms with E-state index < -0.39 is 0 Å². The molecule has 18 heavy (non-hydrogen) atoms. The van der Waals surface area contributed by atoms with Gasteiger partial charge in [0, 0.05) is 24.3 Å². The summed E-state index contributed by atoms with van der Waals surface area (Å²) in [5.74, 6) is 0.856. The first kappa shape index (κ1) is 15.7. The third-order valence-electron chi connectivity index (χ3n) is 2.79. The Hall–Kier alpha value is -0.380. The molecule has 2 nitrogen and oxygen atoms in total. The van der Waals surface area contributed by atoms with Gasteiger partial charge in [-0.1, -0.05) is 41.9 Å². The van der Waals surface area contributed by atoms with Crippen molar-refractivity contribution in [1.82, 2.24) is 0 Å². The van der Waals surface area contributed by atoms with Crippen LogP contribution >= 0.6 is 15.9 Å². The zero-order valence-corrected chi connectivity index (χ0v) is 12.8. The Morgan fingerprint density at radius 3 is 2.72 bits per heavy atom. The first-order chi connectivity index (χ1) is 8.61. The molecule has 0 aliphatic rings. The second-order valence-electron chi connectivity index (χ2n) is 5.14. The Morgan fingerprint density at radius 1 is 1.33 bits per heavy atom. The lowest BCUT2D eigenvalue weighted by Crippen LogP contribution is -2.14. The first-order valence-electron chi connectivity index (χ1n) is 6.55. The van der Waals surface area contributed by atoms with Gasteiger partial charge in [0.2, 0.25) is 0 Å². The second kappa shape index (κ2) is 8.68. The molecular weight excluding hydrogens is 292 g/mol. The predicted octanol–water partition coefficient (Wildman–Crippen LogP) is 3.66. The van der Waals surface area contributed by atoms with Crippen LogP contribution in [-0.2, 0) is 11.2 Å². The van der Waals surface area contributed by atoms with Crippen molar-refractivity contribution >= 4 is 15.9 Å². The van der Waals surface area contributed by atoms with E-state index >= 15 is 0 Å². The Bertz CT molecular complexity index is 339. The summed E-state index contributed by atoms with van der Waals surface area (Å²) in [7, 11) is 0. The third-order valence-corrected chi connectivity index (χ3v) is 3.29. The van der Waals surface area contributed by atoms with Gasteiger partial charge in [-0.15, -0.1) is 0 Å². The van der Waals surface area contributed by atoms with Crippen LogP contribution in [0.5, 0.6) is 0 Å². The van der Waals surface area contributed by atoms with Crippen LogP contribution in [0.15, 0.2) is 28.7 Å². The molecule has 0 amide bonds. The number of halogens is 1. The lowest BCUT2D eigenvalue weighted by atomic mass is 9.97. The van der Waals surface area contributed by atoms with Gasteiger partial charge in [0.15, 0.2) is 0 Å². The smallest absolute Gasteiger partial charge is 0.0488 e. The topological polar surface area (TPSA) is 29.5 Å². The van der Waals surface area contributed by atoms with Crippen molar-refractivity contribution in [2.75, 3.05) is 19.8 Å². The molecule has 1 atom stereocenters. The van der Waals surface area contributed by atoms with Crippen LogP contribution in [0.1, 0.15) is 25.8 Å². The minimum Gasteiger partial charge on any atom is -0.396 e. The molecule has 1 aromatic carbocycles. The molecule has 1 N–H and O–H groups in total. The van der Waals surface area contributed by atoms with Crippen LogP contribution in [0.4, 0.5) is 0 Å². The number of hydrogen-bond acceptors (Lipinski definition) is 2.